The minimum atomic E-state index is 0.235. The third-order valence-corrected chi connectivity index (χ3v) is 4.90. The topological polar surface area (TPSA) is 17.1 Å². The van der Waals surface area contributed by atoms with Gasteiger partial charge in [-0.25, -0.2) is 0 Å². The number of hydrogen-bond acceptors (Lipinski definition) is 2. The average Bonchev–Trinajstić information content (AvgIpc) is 2.84. The smallest absolute Gasteiger partial charge is 0.174 e. The highest BCUT2D eigenvalue weighted by Gasteiger charge is 2.32. The highest BCUT2D eigenvalue weighted by atomic mass is 79.9. The van der Waals surface area contributed by atoms with E-state index in [9.17, 15) is 4.79 Å². The number of aryl methyl sites for hydroxylation is 1. The van der Waals surface area contributed by atoms with E-state index >= 15 is 0 Å². The first kappa shape index (κ1) is 11.2. The number of benzene rings is 1. The Balaban J connectivity index is 2.10. The Morgan fingerprint density at radius 1 is 1.29 bits per heavy atom. The predicted octanol–water partition coefficient (Wildman–Crippen LogP) is 4.54. The van der Waals surface area contributed by atoms with Gasteiger partial charge in [-0.3, -0.25) is 4.79 Å². The van der Waals surface area contributed by atoms with Gasteiger partial charge in [-0.05, 0) is 41.1 Å². The molecule has 1 unspecified atom stereocenters. The molecule has 1 aromatic heterocycles. The second-order valence-electron chi connectivity index (χ2n) is 4.41. The molecular weight excluding hydrogens is 296 g/mol. The van der Waals surface area contributed by atoms with Crippen molar-refractivity contribution < 1.29 is 4.79 Å². The zero-order chi connectivity index (χ0) is 12.0. The fourth-order valence-electron chi connectivity index (χ4n) is 2.40. The van der Waals surface area contributed by atoms with Gasteiger partial charge >= 0.3 is 0 Å². The third kappa shape index (κ3) is 1.78. The van der Waals surface area contributed by atoms with Gasteiger partial charge in [-0.1, -0.05) is 28.1 Å². The van der Waals surface area contributed by atoms with Crippen molar-refractivity contribution in [2.75, 3.05) is 0 Å². The quantitative estimate of drug-likeness (QED) is 0.756. The van der Waals surface area contributed by atoms with Crippen molar-refractivity contribution in [3.05, 3.63) is 55.7 Å². The summed E-state index contributed by atoms with van der Waals surface area (Å²) in [6.07, 6.45) is 0.615. The summed E-state index contributed by atoms with van der Waals surface area (Å²) in [5.41, 5.74) is 3.65. The van der Waals surface area contributed by atoms with E-state index in [1.165, 1.54) is 16.7 Å². The van der Waals surface area contributed by atoms with E-state index in [4.69, 9.17) is 0 Å². The Morgan fingerprint density at radius 3 is 2.88 bits per heavy atom. The van der Waals surface area contributed by atoms with Crippen molar-refractivity contribution in [3.8, 4) is 0 Å². The molecule has 0 radical (unpaired) electrons. The second-order valence-corrected chi connectivity index (χ2v) is 6.18. The molecule has 0 N–H and O–H groups in total. The lowest BCUT2D eigenvalue weighted by atomic mass is 9.93. The van der Waals surface area contributed by atoms with Crippen molar-refractivity contribution in [1.82, 2.24) is 0 Å². The van der Waals surface area contributed by atoms with Gasteiger partial charge in [-0.15, -0.1) is 11.3 Å². The standard InChI is InChI=1S/C14H11BrOS/c1-8-2-3-9(12(15)6-8)11-7-13(16)14-10(11)4-5-17-14/h2-6,11H,7H2,1H3. The van der Waals surface area contributed by atoms with Crippen LogP contribution >= 0.6 is 27.3 Å². The molecule has 0 saturated heterocycles. The summed E-state index contributed by atoms with van der Waals surface area (Å²) in [6, 6.07) is 8.44. The van der Waals surface area contributed by atoms with Gasteiger partial charge in [-0.2, -0.15) is 0 Å². The van der Waals surface area contributed by atoms with Crippen molar-refractivity contribution in [2.24, 2.45) is 0 Å². The van der Waals surface area contributed by atoms with E-state index in [0.29, 0.717) is 6.42 Å². The normalized spacial score (nSPS) is 18.5. The minimum Gasteiger partial charge on any atom is -0.293 e. The number of carbonyl (C=O) groups excluding carboxylic acids is 1. The molecule has 0 saturated carbocycles. The van der Waals surface area contributed by atoms with Crippen molar-refractivity contribution in [1.29, 1.82) is 0 Å². The van der Waals surface area contributed by atoms with Crippen LogP contribution in [0.4, 0.5) is 0 Å². The third-order valence-electron chi connectivity index (χ3n) is 3.25. The first-order valence-electron chi connectivity index (χ1n) is 5.53. The Kier molecular flexibility index (Phi) is 2.68. The first-order valence-corrected chi connectivity index (χ1v) is 7.20. The Hall–Kier alpha value is -0.930. The van der Waals surface area contributed by atoms with Crippen LogP contribution in [-0.2, 0) is 0 Å². The van der Waals surface area contributed by atoms with Crippen LogP contribution in [0.15, 0.2) is 34.1 Å². The second kappa shape index (κ2) is 4.07. The number of ketones is 1. The van der Waals surface area contributed by atoms with Crippen molar-refractivity contribution in [2.45, 2.75) is 19.3 Å². The molecule has 1 heterocycles. The predicted molar refractivity (Wildman–Crippen MR) is 74.0 cm³/mol. The zero-order valence-corrected chi connectivity index (χ0v) is 11.8. The maximum absolute atomic E-state index is 11.9. The maximum atomic E-state index is 11.9. The molecule has 1 aliphatic carbocycles. The molecule has 3 heteroatoms. The van der Waals surface area contributed by atoms with E-state index in [0.717, 1.165) is 9.35 Å². The number of thiophene rings is 1. The van der Waals surface area contributed by atoms with Gasteiger partial charge in [0.05, 0.1) is 4.88 Å². The van der Waals surface area contributed by atoms with Crippen LogP contribution in [0.3, 0.4) is 0 Å². The number of carbonyl (C=O) groups is 1. The van der Waals surface area contributed by atoms with Gasteiger partial charge in [0.2, 0.25) is 0 Å². The van der Waals surface area contributed by atoms with Crippen LogP contribution in [0.5, 0.6) is 0 Å². The molecule has 0 amide bonds. The number of hydrogen-bond donors (Lipinski definition) is 0. The SMILES string of the molecule is Cc1ccc(C2CC(=O)c3sccc32)c(Br)c1. The summed E-state index contributed by atoms with van der Waals surface area (Å²) >= 11 is 5.17. The van der Waals surface area contributed by atoms with Gasteiger partial charge in [0.25, 0.3) is 0 Å². The van der Waals surface area contributed by atoms with E-state index in [-0.39, 0.29) is 11.7 Å². The van der Waals surface area contributed by atoms with E-state index in [1.807, 2.05) is 5.38 Å². The number of halogens is 1. The molecule has 0 fully saturated rings. The van der Waals surface area contributed by atoms with Gasteiger partial charge < -0.3 is 0 Å². The summed E-state index contributed by atoms with van der Waals surface area (Å²) in [6.45, 7) is 2.07. The van der Waals surface area contributed by atoms with Gasteiger partial charge in [0.1, 0.15) is 0 Å². The first-order chi connectivity index (χ1) is 8.16. The highest BCUT2D eigenvalue weighted by Crippen LogP contribution is 2.43. The fourth-order valence-corrected chi connectivity index (χ4v) is 4.08. The molecule has 2 aromatic rings. The summed E-state index contributed by atoms with van der Waals surface area (Å²) in [4.78, 5) is 12.8. The van der Waals surface area contributed by atoms with Crippen LogP contribution in [0.25, 0.3) is 0 Å². The fraction of sp³-hybridized carbons (Fsp3) is 0.214. The molecule has 17 heavy (non-hydrogen) atoms. The molecule has 86 valence electrons. The van der Waals surface area contributed by atoms with Gasteiger partial charge in [0.15, 0.2) is 5.78 Å². The molecule has 0 spiro atoms. The zero-order valence-electron chi connectivity index (χ0n) is 9.37. The van der Waals surface area contributed by atoms with Crippen LogP contribution in [0.1, 0.15) is 38.7 Å². The summed E-state index contributed by atoms with van der Waals surface area (Å²) in [5.74, 6) is 0.520. The van der Waals surface area contributed by atoms with Crippen LogP contribution < -0.4 is 0 Å². The molecule has 1 aliphatic rings. The van der Waals surface area contributed by atoms with Crippen LogP contribution in [0.2, 0.25) is 0 Å². The summed E-state index contributed by atoms with van der Waals surface area (Å²) < 4.78 is 1.11. The molecule has 0 aliphatic heterocycles. The molecule has 3 rings (SSSR count). The van der Waals surface area contributed by atoms with E-state index < -0.39 is 0 Å². The van der Waals surface area contributed by atoms with Crippen molar-refractivity contribution >= 4 is 33.0 Å². The number of fused-ring (bicyclic) bond motifs is 1. The van der Waals surface area contributed by atoms with Crippen LogP contribution in [0, 0.1) is 6.92 Å². The lowest BCUT2D eigenvalue weighted by Gasteiger charge is -2.12. The number of rotatable bonds is 1. The Morgan fingerprint density at radius 2 is 2.12 bits per heavy atom. The molecule has 1 nitrogen and oxygen atoms in total. The molecular formula is C14H11BrOS. The minimum absolute atomic E-state index is 0.235. The molecule has 1 aromatic carbocycles. The van der Waals surface area contributed by atoms with E-state index in [2.05, 4.69) is 47.1 Å². The van der Waals surface area contributed by atoms with E-state index in [1.54, 1.807) is 11.3 Å². The average molecular weight is 307 g/mol. The molecule has 1 atom stereocenters. The monoisotopic (exact) mass is 306 g/mol. The lowest BCUT2D eigenvalue weighted by molar-refractivity contribution is 0.0994. The maximum Gasteiger partial charge on any atom is 0.174 e. The van der Waals surface area contributed by atoms with Crippen molar-refractivity contribution in [3.63, 3.8) is 0 Å². The lowest BCUT2D eigenvalue weighted by Crippen LogP contribution is -1.98. The van der Waals surface area contributed by atoms with Gasteiger partial charge in [0, 0.05) is 16.8 Å². The van der Waals surface area contributed by atoms with Crippen LogP contribution in [-0.4, -0.2) is 5.78 Å². The largest absolute Gasteiger partial charge is 0.293 e. The number of Topliss-reactive ketones (excluding diaryl/α,β-unsaturated/α-hetero) is 1. The summed E-state index contributed by atoms with van der Waals surface area (Å²) in [5, 5.41) is 2.01. The Bertz CT molecular complexity index is 600. The Labute approximate surface area is 113 Å². The summed E-state index contributed by atoms with van der Waals surface area (Å²) in [7, 11) is 0. The highest BCUT2D eigenvalue weighted by molar-refractivity contribution is 9.10. The molecule has 0 bridgehead atoms.